The largest absolute Gasteiger partial charge is 0.441 e. The Labute approximate surface area is 157 Å². The van der Waals surface area contributed by atoms with Crippen molar-refractivity contribution in [2.45, 2.75) is 31.4 Å². The summed E-state index contributed by atoms with van der Waals surface area (Å²) in [4.78, 5) is 25.8. The number of aromatic nitrogens is 2. The number of hydrogen-bond acceptors (Lipinski definition) is 4. The molecule has 4 rings (SSSR count). The number of amides is 3. The van der Waals surface area contributed by atoms with Gasteiger partial charge in [0, 0.05) is 31.6 Å². The molecule has 0 bridgehead atoms. The highest BCUT2D eigenvalue weighted by Crippen LogP contribution is 2.29. The average molecular weight is 369 g/mol. The molecule has 2 aliphatic rings. The van der Waals surface area contributed by atoms with E-state index in [1.807, 2.05) is 30.3 Å². The van der Waals surface area contributed by atoms with Crippen molar-refractivity contribution in [2.75, 3.05) is 19.6 Å². The number of likely N-dealkylation sites (tertiary alicyclic amines) is 1. The van der Waals surface area contributed by atoms with E-state index >= 15 is 0 Å². The molecule has 2 aromatic rings. The third-order valence-corrected chi connectivity index (χ3v) is 5.26. The highest BCUT2D eigenvalue weighted by molar-refractivity contribution is 5.75. The molecule has 1 aromatic heterocycles. The quantitative estimate of drug-likeness (QED) is 0.773. The van der Waals surface area contributed by atoms with Crippen LogP contribution in [0, 0.1) is 0 Å². The first kappa shape index (κ1) is 17.4. The van der Waals surface area contributed by atoms with Gasteiger partial charge < -0.3 is 20.3 Å². The Morgan fingerprint density at radius 2 is 2.11 bits per heavy atom. The van der Waals surface area contributed by atoms with Crippen LogP contribution in [0.2, 0.25) is 0 Å². The van der Waals surface area contributed by atoms with E-state index < -0.39 is 5.60 Å². The molecule has 0 aliphatic carbocycles. The van der Waals surface area contributed by atoms with Gasteiger partial charge in [-0.3, -0.25) is 5.10 Å². The van der Waals surface area contributed by atoms with Gasteiger partial charge in [-0.05, 0) is 18.4 Å². The van der Waals surface area contributed by atoms with Crippen molar-refractivity contribution in [1.29, 1.82) is 0 Å². The van der Waals surface area contributed by atoms with E-state index in [1.165, 1.54) is 0 Å². The fraction of sp³-hybridized carbons (Fsp3) is 0.421. The lowest BCUT2D eigenvalue weighted by atomic mass is 9.95. The molecule has 0 unspecified atom stereocenters. The first-order valence-corrected chi connectivity index (χ1v) is 9.23. The van der Waals surface area contributed by atoms with E-state index in [2.05, 4.69) is 20.8 Å². The van der Waals surface area contributed by atoms with Gasteiger partial charge in [0.15, 0.2) is 0 Å². The SMILES string of the molecule is O=C1NC[C@@]2(CCCN(C(=O)NCc3cn[nH]c3-c3ccccc3)CC2)O1. The maximum atomic E-state index is 12.6. The number of ether oxygens (including phenoxy) is 1. The zero-order valence-corrected chi connectivity index (χ0v) is 15.0. The van der Waals surface area contributed by atoms with E-state index in [1.54, 1.807) is 11.1 Å². The summed E-state index contributed by atoms with van der Waals surface area (Å²) in [6.07, 6.45) is 3.61. The zero-order chi connectivity index (χ0) is 18.7. The summed E-state index contributed by atoms with van der Waals surface area (Å²) in [6, 6.07) is 9.80. The molecule has 27 heavy (non-hydrogen) atoms. The Morgan fingerprint density at radius 3 is 2.89 bits per heavy atom. The van der Waals surface area contributed by atoms with Crippen LogP contribution in [-0.4, -0.2) is 52.5 Å². The van der Waals surface area contributed by atoms with E-state index in [0.29, 0.717) is 32.6 Å². The number of H-pyrrole nitrogens is 1. The van der Waals surface area contributed by atoms with Crippen LogP contribution in [0.15, 0.2) is 36.5 Å². The standard InChI is InChI=1S/C19H23N5O3/c25-17(24-9-4-7-19(8-10-24)13-21-18(26)27-19)20-11-15-12-22-23-16(15)14-5-2-1-3-6-14/h1-3,5-6,12H,4,7-11,13H2,(H,20,25)(H,21,26)(H,22,23)/t19-/m0/s1. The van der Waals surface area contributed by atoms with Crippen LogP contribution in [0.25, 0.3) is 11.3 Å². The minimum Gasteiger partial charge on any atom is -0.441 e. The molecule has 2 saturated heterocycles. The van der Waals surface area contributed by atoms with Gasteiger partial charge in [0.1, 0.15) is 5.60 Å². The second-order valence-electron chi connectivity index (χ2n) is 7.06. The molecular weight excluding hydrogens is 346 g/mol. The normalized spacial score (nSPS) is 22.2. The molecular formula is C19H23N5O3. The van der Waals surface area contributed by atoms with Gasteiger partial charge in [0.25, 0.3) is 0 Å². The van der Waals surface area contributed by atoms with Gasteiger partial charge in [-0.15, -0.1) is 0 Å². The maximum Gasteiger partial charge on any atom is 0.407 e. The number of rotatable bonds is 3. The monoisotopic (exact) mass is 369 g/mol. The molecule has 1 aromatic carbocycles. The Bertz CT molecular complexity index is 822. The summed E-state index contributed by atoms with van der Waals surface area (Å²) >= 11 is 0. The predicted molar refractivity (Wildman–Crippen MR) is 98.9 cm³/mol. The fourth-order valence-corrected chi connectivity index (χ4v) is 3.73. The van der Waals surface area contributed by atoms with Gasteiger partial charge in [0.05, 0.1) is 18.4 Å². The van der Waals surface area contributed by atoms with Crippen LogP contribution in [0.1, 0.15) is 24.8 Å². The molecule has 2 aliphatic heterocycles. The third kappa shape index (κ3) is 3.74. The fourth-order valence-electron chi connectivity index (χ4n) is 3.73. The van der Waals surface area contributed by atoms with E-state index in [9.17, 15) is 9.59 Å². The van der Waals surface area contributed by atoms with E-state index in [0.717, 1.165) is 29.7 Å². The third-order valence-electron chi connectivity index (χ3n) is 5.26. The summed E-state index contributed by atoms with van der Waals surface area (Å²) in [6.45, 7) is 2.15. The topological polar surface area (TPSA) is 99.4 Å². The summed E-state index contributed by atoms with van der Waals surface area (Å²) in [5, 5.41) is 12.8. The highest BCUT2D eigenvalue weighted by atomic mass is 16.6. The summed E-state index contributed by atoms with van der Waals surface area (Å²) in [7, 11) is 0. The van der Waals surface area contributed by atoms with Gasteiger partial charge in [0.2, 0.25) is 0 Å². The van der Waals surface area contributed by atoms with E-state index in [-0.39, 0.29) is 12.1 Å². The minimum absolute atomic E-state index is 0.107. The van der Waals surface area contributed by atoms with Gasteiger partial charge in [-0.1, -0.05) is 30.3 Å². The molecule has 1 atom stereocenters. The summed E-state index contributed by atoms with van der Waals surface area (Å²) < 4.78 is 5.46. The lowest BCUT2D eigenvalue weighted by molar-refractivity contribution is 0.0453. The van der Waals surface area contributed by atoms with Crippen molar-refractivity contribution in [3.63, 3.8) is 0 Å². The molecule has 3 heterocycles. The smallest absolute Gasteiger partial charge is 0.407 e. The van der Waals surface area contributed by atoms with Crippen LogP contribution in [0.5, 0.6) is 0 Å². The number of benzene rings is 1. The van der Waals surface area contributed by atoms with Crippen LogP contribution < -0.4 is 10.6 Å². The molecule has 142 valence electrons. The second-order valence-corrected chi connectivity index (χ2v) is 7.06. The molecule has 0 radical (unpaired) electrons. The number of nitrogens with one attached hydrogen (secondary N) is 3. The number of nitrogens with zero attached hydrogens (tertiary/aromatic N) is 2. The minimum atomic E-state index is -0.461. The second kappa shape index (κ2) is 7.30. The first-order valence-electron chi connectivity index (χ1n) is 9.23. The first-order chi connectivity index (χ1) is 13.2. The number of aromatic amines is 1. The van der Waals surface area contributed by atoms with Crippen molar-refractivity contribution in [2.24, 2.45) is 0 Å². The molecule has 2 fully saturated rings. The number of urea groups is 1. The maximum absolute atomic E-state index is 12.6. The molecule has 1 spiro atoms. The van der Waals surface area contributed by atoms with Crippen molar-refractivity contribution in [3.05, 3.63) is 42.1 Å². The van der Waals surface area contributed by atoms with Crippen LogP contribution in [0.3, 0.4) is 0 Å². The van der Waals surface area contributed by atoms with Gasteiger partial charge >= 0.3 is 12.1 Å². The Hall–Kier alpha value is -3.03. The van der Waals surface area contributed by atoms with Gasteiger partial charge in [-0.25, -0.2) is 9.59 Å². The van der Waals surface area contributed by atoms with E-state index in [4.69, 9.17) is 4.74 Å². The molecule has 3 N–H and O–H groups in total. The van der Waals surface area contributed by atoms with Crippen LogP contribution in [-0.2, 0) is 11.3 Å². The van der Waals surface area contributed by atoms with Gasteiger partial charge in [-0.2, -0.15) is 5.10 Å². The van der Waals surface area contributed by atoms with Crippen molar-refractivity contribution >= 4 is 12.1 Å². The Kier molecular flexibility index (Phi) is 4.70. The Balaban J connectivity index is 1.35. The van der Waals surface area contributed by atoms with Crippen molar-refractivity contribution in [1.82, 2.24) is 25.7 Å². The predicted octanol–water partition coefficient (Wildman–Crippen LogP) is 2.25. The molecule has 8 heteroatoms. The van der Waals surface area contributed by atoms with Crippen LogP contribution >= 0.6 is 0 Å². The van der Waals surface area contributed by atoms with Crippen molar-refractivity contribution < 1.29 is 14.3 Å². The lowest BCUT2D eigenvalue weighted by Gasteiger charge is -2.25. The Morgan fingerprint density at radius 1 is 1.26 bits per heavy atom. The van der Waals surface area contributed by atoms with Crippen molar-refractivity contribution in [3.8, 4) is 11.3 Å². The number of carbonyl (C=O) groups excluding carboxylic acids is 2. The zero-order valence-electron chi connectivity index (χ0n) is 15.0. The molecule has 0 saturated carbocycles. The number of alkyl carbamates (subject to hydrolysis) is 1. The summed E-state index contributed by atoms with van der Waals surface area (Å²) in [5.41, 5.74) is 2.42. The lowest BCUT2D eigenvalue weighted by Crippen LogP contribution is -2.41. The molecule has 3 amide bonds. The highest BCUT2D eigenvalue weighted by Gasteiger charge is 2.41. The number of hydrogen-bond donors (Lipinski definition) is 3. The molecule has 8 nitrogen and oxygen atoms in total. The van der Waals surface area contributed by atoms with Crippen LogP contribution in [0.4, 0.5) is 9.59 Å². The number of carbonyl (C=O) groups is 2. The average Bonchev–Trinajstić information content (AvgIpc) is 3.24. The summed E-state index contributed by atoms with van der Waals surface area (Å²) in [5.74, 6) is 0.